The number of morpholine rings is 1. The van der Waals surface area contributed by atoms with Crippen LogP contribution in [-0.4, -0.2) is 60.5 Å². The maximum absolute atomic E-state index is 5.46. The second kappa shape index (κ2) is 10.8. The van der Waals surface area contributed by atoms with Crippen LogP contribution in [0.1, 0.15) is 18.1 Å². The summed E-state index contributed by atoms with van der Waals surface area (Å²) >= 11 is 0. The molecule has 0 saturated carbocycles. The van der Waals surface area contributed by atoms with Crippen molar-refractivity contribution in [1.82, 2.24) is 25.3 Å². The van der Waals surface area contributed by atoms with E-state index in [1.165, 1.54) is 11.1 Å². The first kappa shape index (κ1) is 20.4. The maximum Gasteiger partial charge on any atom is 0.191 e. The van der Waals surface area contributed by atoms with Crippen molar-refractivity contribution >= 4 is 5.96 Å². The van der Waals surface area contributed by atoms with Gasteiger partial charge >= 0.3 is 0 Å². The molecule has 0 spiro atoms. The van der Waals surface area contributed by atoms with E-state index < -0.39 is 0 Å². The summed E-state index contributed by atoms with van der Waals surface area (Å²) in [5.74, 6) is 1.28. The lowest BCUT2D eigenvalue weighted by Gasteiger charge is -2.27. The number of hydrogen-bond acceptors (Lipinski definition) is 4. The van der Waals surface area contributed by atoms with Crippen molar-refractivity contribution in [3.63, 3.8) is 0 Å². The summed E-state index contributed by atoms with van der Waals surface area (Å²) in [4.78, 5) is 6.81. The fourth-order valence-electron chi connectivity index (χ4n) is 3.35. The summed E-state index contributed by atoms with van der Waals surface area (Å²) in [5, 5.41) is 11.1. The monoisotopic (exact) mass is 384 g/mol. The van der Waals surface area contributed by atoms with Crippen LogP contribution in [0.2, 0.25) is 0 Å². The molecule has 0 amide bonds. The zero-order valence-corrected chi connectivity index (χ0v) is 17.0. The van der Waals surface area contributed by atoms with Crippen LogP contribution in [0.25, 0.3) is 0 Å². The minimum atomic E-state index is 0.451. The number of ether oxygens (including phenoxy) is 1. The lowest BCUT2D eigenvalue weighted by atomic mass is 10.1. The van der Waals surface area contributed by atoms with Crippen LogP contribution in [0.15, 0.2) is 47.7 Å². The molecule has 1 fully saturated rings. The summed E-state index contributed by atoms with van der Waals surface area (Å²) in [6.45, 7) is 9.31. The van der Waals surface area contributed by atoms with E-state index in [0.29, 0.717) is 5.92 Å². The third-order valence-corrected chi connectivity index (χ3v) is 4.96. The molecule has 0 bridgehead atoms. The van der Waals surface area contributed by atoms with Crippen molar-refractivity contribution in [2.75, 3.05) is 39.9 Å². The minimum absolute atomic E-state index is 0.451. The third kappa shape index (κ3) is 6.35. The van der Waals surface area contributed by atoms with Gasteiger partial charge in [-0.25, -0.2) is 0 Å². The molecule has 2 aromatic rings. The highest BCUT2D eigenvalue weighted by molar-refractivity contribution is 5.79. The van der Waals surface area contributed by atoms with E-state index in [4.69, 9.17) is 4.74 Å². The minimum Gasteiger partial charge on any atom is -0.379 e. The summed E-state index contributed by atoms with van der Waals surface area (Å²) in [6.07, 6.45) is 3.81. The SMILES string of the molecule is CN=C(NCc1ccccc1CN1CCOCC1)NCC(C)Cn1cccn1. The van der Waals surface area contributed by atoms with Gasteiger partial charge in [-0.3, -0.25) is 14.6 Å². The molecule has 2 N–H and O–H groups in total. The number of guanidine groups is 1. The van der Waals surface area contributed by atoms with Crippen LogP contribution < -0.4 is 10.6 Å². The number of benzene rings is 1. The Hall–Kier alpha value is -2.38. The molecule has 1 unspecified atom stereocenters. The van der Waals surface area contributed by atoms with Gasteiger partial charge in [0.1, 0.15) is 0 Å². The van der Waals surface area contributed by atoms with Crippen LogP contribution in [-0.2, 0) is 24.4 Å². The van der Waals surface area contributed by atoms with Crippen molar-refractivity contribution in [1.29, 1.82) is 0 Å². The van der Waals surface area contributed by atoms with Crippen molar-refractivity contribution < 1.29 is 4.74 Å². The van der Waals surface area contributed by atoms with Crippen molar-refractivity contribution in [3.05, 3.63) is 53.9 Å². The molecule has 7 heteroatoms. The lowest BCUT2D eigenvalue weighted by molar-refractivity contribution is 0.0341. The first-order chi connectivity index (χ1) is 13.7. The quantitative estimate of drug-likeness (QED) is 0.536. The number of aromatic nitrogens is 2. The smallest absolute Gasteiger partial charge is 0.191 e. The van der Waals surface area contributed by atoms with Crippen LogP contribution in [0.3, 0.4) is 0 Å². The van der Waals surface area contributed by atoms with Gasteiger partial charge in [-0.15, -0.1) is 0 Å². The van der Waals surface area contributed by atoms with Crippen molar-refractivity contribution in [2.24, 2.45) is 10.9 Å². The molecule has 7 nitrogen and oxygen atoms in total. The van der Waals surface area contributed by atoms with Crippen LogP contribution in [0.5, 0.6) is 0 Å². The van der Waals surface area contributed by atoms with E-state index in [-0.39, 0.29) is 0 Å². The average molecular weight is 385 g/mol. The summed E-state index contributed by atoms with van der Waals surface area (Å²) < 4.78 is 7.42. The Morgan fingerprint density at radius 2 is 1.96 bits per heavy atom. The molecule has 0 aliphatic carbocycles. The van der Waals surface area contributed by atoms with E-state index >= 15 is 0 Å². The van der Waals surface area contributed by atoms with E-state index in [9.17, 15) is 0 Å². The van der Waals surface area contributed by atoms with Gasteiger partial charge in [-0.1, -0.05) is 31.2 Å². The normalized spacial score (nSPS) is 16.7. The zero-order chi connectivity index (χ0) is 19.6. The first-order valence-corrected chi connectivity index (χ1v) is 10.0. The number of hydrogen-bond donors (Lipinski definition) is 2. The molecule has 1 atom stereocenters. The highest BCUT2D eigenvalue weighted by Gasteiger charge is 2.13. The maximum atomic E-state index is 5.46. The fourth-order valence-corrected chi connectivity index (χ4v) is 3.35. The summed E-state index contributed by atoms with van der Waals surface area (Å²) in [6, 6.07) is 10.6. The molecule has 28 heavy (non-hydrogen) atoms. The van der Waals surface area contributed by atoms with Gasteiger partial charge in [0.2, 0.25) is 0 Å². The largest absolute Gasteiger partial charge is 0.379 e. The molecule has 3 rings (SSSR count). The predicted octanol–water partition coefficient (Wildman–Crippen LogP) is 1.72. The standard InChI is InChI=1S/C21H32N6O/c1-18(16-27-9-5-8-25-27)14-23-21(22-2)24-15-19-6-3-4-7-20(19)17-26-10-12-28-13-11-26/h3-9,18H,10-17H2,1-2H3,(H2,22,23,24). The van der Waals surface area contributed by atoms with Crippen LogP contribution in [0.4, 0.5) is 0 Å². The van der Waals surface area contributed by atoms with Crippen LogP contribution >= 0.6 is 0 Å². The average Bonchev–Trinajstić information content (AvgIpc) is 3.23. The van der Waals surface area contributed by atoms with Gasteiger partial charge in [0.25, 0.3) is 0 Å². The summed E-state index contributed by atoms with van der Waals surface area (Å²) in [5.41, 5.74) is 2.67. The first-order valence-electron chi connectivity index (χ1n) is 10.0. The lowest BCUT2D eigenvalue weighted by Crippen LogP contribution is -2.40. The Kier molecular flexibility index (Phi) is 7.87. The molecular formula is C21H32N6O. The molecule has 1 aliphatic rings. The predicted molar refractivity (Wildman–Crippen MR) is 112 cm³/mol. The molecule has 1 saturated heterocycles. The Balaban J connectivity index is 1.48. The highest BCUT2D eigenvalue weighted by atomic mass is 16.5. The van der Waals surface area contributed by atoms with Crippen LogP contribution in [0, 0.1) is 5.92 Å². The summed E-state index contributed by atoms with van der Waals surface area (Å²) in [7, 11) is 1.81. The Morgan fingerprint density at radius 1 is 1.18 bits per heavy atom. The fraction of sp³-hybridized carbons (Fsp3) is 0.524. The molecule has 0 radical (unpaired) electrons. The number of nitrogens with one attached hydrogen (secondary N) is 2. The highest BCUT2D eigenvalue weighted by Crippen LogP contribution is 2.13. The molecule has 1 aromatic carbocycles. The Morgan fingerprint density at radius 3 is 2.68 bits per heavy atom. The topological polar surface area (TPSA) is 66.7 Å². The zero-order valence-electron chi connectivity index (χ0n) is 17.0. The van der Waals surface area contributed by atoms with Crippen molar-refractivity contribution in [2.45, 2.75) is 26.6 Å². The van der Waals surface area contributed by atoms with Gasteiger partial charge in [0.05, 0.1) is 13.2 Å². The Labute approximate surface area is 167 Å². The molecule has 1 aliphatic heterocycles. The van der Waals surface area contributed by atoms with E-state index in [1.807, 2.05) is 30.2 Å². The second-order valence-electron chi connectivity index (χ2n) is 7.30. The Bertz CT molecular complexity index is 724. The number of nitrogens with zero attached hydrogens (tertiary/aromatic N) is 4. The third-order valence-electron chi connectivity index (χ3n) is 4.96. The molecule has 152 valence electrons. The van der Waals surface area contributed by atoms with Gasteiger partial charge in [0.15, 0.2) is 5.96 Å². The number of aliphatic imine (C=N–C) groups is 1. The second-order valence-corrected chi connectivity index (χ2v) is 7.30. The van der Waals surface area contributed by atoms with E-state index in [1.54, 1.807) is 0 Å². The van der Waals surface area contributed by atoms with Gasteiger partial charge in [0, 0.05) is 58.7 Å². The van der Waals surface area contributed by atoms with Gasteiger partial charge in [-0.2, -0.15) is 5.10 Å². The van der Waals surface area contributed by atoms with Crippen molar-refractivity contribution in [3.8, 4) is 0 Å². The van der Waals surface area contributed by atoms with Gasteiger partial charge in [-0.05, 0) is 23.1 Å². The van der Waals surface area contributed by atoms with E-state index in [2.05, 4.69) is 56.8 Å². The molecule has 1 aromatic heterocycles. The van der Waals surface area contributed by atoms with E-state index in [0.717, 1.165) is 58.4 Å². The number of rotatable bonds is 8. The molecular weight excluding hydrogens is 352 g/mol. The molecule has 2 heterocycles. The van der Waals surface area contributed by atoms with Gasteiger partial charge < -0.3 is 15.4 Å².